The van der Waals surface area contributed by atoms with Crippen molar-refractivity contribution in [2.75, 3.05) is 6.61 Å². The van der Waals surface area contributed by atoms with Crippen LogP contribution in [-0.4, -0.2) is 42.0 Å². The third-order valence-electron chi connectivity index (χ3n) is 3.39. The second-order valence-corrected chi connectivity index (χ2v) is 4.81. The fourth-order valence-corrected chi connectivity index (χ4v) is 2.18. The summed E-state index contributed by atoms with van der Waals surface area (Å²) in [4.78, 5) is 11.7. The van der Waals surface area contributed by atoms with E-state index in [2.05, 4.69) is 0 Å². The minimum Gasteiger partial charge on any atom is -0.463 e. The van der Waals surface area contributed by atoms with Gasteiger partial charge in [0.2, 0.25) is 0 Å². The van der Waals surface area contributed by atoms with Crippen LogP contribution in [-0.2, 0) is 14.3 Å². The predicted octanol–water partition coefficient (Wildman–Crippen LogP) is 1.14. The van der Waals surface area contributed by atoms with Crippen LogP contribution in [0.5, 0.6) is 0 Å². The molecule has 3 atom stereocenters. The zero-order valence-electron chi connectivity index (χ0n) is 12.0. The van der Waals surface area contributed by atoms with Gasteiger partial charge in [0.05, 0.1) is 18.8 Å². The van der Waals surface area contributed by atoms with Crippen molar-refractivity contribution in [1.29, 1.82) is 0 Å². The Balaban J connectivity index is 2.81. The van der Waals surface area contributed by atoms with E-state index in [-0.39, 0.29) is 12.1 Å². The van der Waals surface area contributed by atoms with Crippen molar-refractivity contribution in [2.45, 2.75) is 64.4 Å². The third kappa shape index (κ3) is 4.30. The summed E-state index contributed by atoms with van der Waals surface area (Å²) in [6.07, 6.45) is 2.44. The Kier molecular flexibility index (Phi) is 6.48. The molecule has 0 aromatic rings. The van der Waals surface area contributed by atoms with Crippen molar-refractivity contribution in [3.63, 3.8) is 0 Å². The molecule has 0 aromatic heterocycles. The number of aliphatic hydroxyl groups excluding tert-OH is 1. The molecule has 5 heteroatoms. The van der Waals surface area contributed by atoms with Gasteiger partial charge >= 0.3 is 5.97 Å². The lowest BCUT2D eigenvalue weighted by atomic mass is 9.90. The molecule has 0 aromatic carbocycles. The van der Waals surface area contributed by atoms with Crippen molar-refractivity contribution in [3.05, 3.63) is 11.6 Å². The van der Waals surface area contributed by atoms with Crippen LogP contribution in [0.25, 0.3) is 0 Å². The molecular weight excluding hydrogens is 246 g/mol. The summed E-state index contributed by atoms with van der Waals surface area (Å²) >= 11 is 0. The summed E-state index contributed by atoms with van der Waals surface area (Å²) < 4.78 is 10.8. The molecule has 5 nitrogen and oxygen atoms in total. The first-order valence-corrected chi connectivity index (χ1v) is 7.00. The molecule has 0 heterocycles. The number of nitrogens with two attached hydrogens (primary N) is 1. The third-order valence-corrected chi connectivity index (χ3v) is 3.39. The molecule has 0 fully saturated rings. The molecule has 0 spiro atoms. The SMILES string of the molecule is CCOC(=O)C1=CC(OC(CC)CC)C(O)C(N)C1. The average molecular weight is 271 g/mol. The molecule has 0 saturated heterocycles. The molecule has 1 aliphatic rings. The van der Waals surface area contributed by atoms with E-state index in [1.807, 2.05) is 13.8 Å². The molecule has 0 saturated carbocycles. The van der Waals surface area contributed by atoms with E-state index in [1.54, 1.807) is 13.0 Å². The minimum absolute atomic E-state index is 0.0599. The first-order chi connectivity index (χ1) is 9.03. The number of carbonyl (C=O) groups is 1. The number of hydrogen-bond acceptors (Lipinski definition) is 5. The lowest BCUT2D eigenvalue weighted by Gasteiger charge is -2.33. The molecule has 0 bridgehead atoms. The van der Waals surface area contributed by atoms with Crippen LogP contribution < -0.4 is 5.73 Å². The van der Waals surface area contributed by atoms with Gasteiger partial charge in [-0.1, -0.05) is 13.8 Å². The molecule has 0 aliphatic heterocycles. The Bertz CT molecular complexity index is 325. The normalized spacial score (nSPS) is 27.3. The van der Waals surface area contributed by atoms with Crippen LogP contribution in [0, 0.1) is 0 Å². The van der Waals surface area contributed by atoms with Gasteiger partial charge in [0, 0.05) is 11.6 Å². The van der Waals surface area contributed by atoms with Crippen LogP contribution in [0.15, 0.2) is 11.6 Å². The maximum absolute atomic E-state index is 11.7. The number of carbonyl (C=O) groups excluding carboxylic acids is 1. The highest BCUT2D eigenvalue weighted by Gasteiger charge is 2.33. The summed E-state index contributed by atoms with van der Waals surface area (Å²) in [5.74, 6) is -0.372. The minimum atomic E-state index is -0.779. The molecular formula is C14H25NO4. The number of esters is 1. The second kappa shape index (κ2) is 7.62. The first kappa shape index (κ1) is 16.1. The van der Waals surface area contributed by atoms with Gasteiger partial charge in [-0.15, -0.1) is 0 Å². The van der Waals surface area contributed by atoms with E-state index >= 15 is 0 Å². The van der Waals surface area contributed by atoms with Crippen molar-refractivity contribution < 1.29 is 19.4 Å². The van der Waals surface area contributed by atoms with E-state index in [9.17, 15) is 9.90 Å². The lowest BCUT2D eigenvalue weighted by molar-refractivity contribution is -0.139. The summed E-state index contributed by atoms with van der Waals surface area (Å²) in [5, 5.41) is 10.1. The van der Waals surface area contributed by atoms with E-state index in [0.29, 0.717) is 18.6 Å². The highest BCUT2D eigenvalue weighted by atomic mass is 16.5. The average Bonchev–Trinajstić information content (AvgIpc) is 2.40. The van der Waals surface area contributed by atoms with Gasteiger partial charge in [-0.2, -0.15) is 0 Å². The van der Waals surface area contributed by atoms with Crippen LogP contribution in [0.4, 0.5) is 0 Å². The quantitative estimate of drug-likeness (QED) is 0.708. The summed E-state index contributed by atoms with van der Waals surface area (Å²) in [5.41, 5.74) is 6.37. The van der Waals surface area contributed by atoms with Crippen LogP contribution in [0.3, 0.4) is 0 Å². The maximum atomic E-state index is 11.7. The highest BCUT2D eigenvalue weighted by molar-refractivity contribution is 5.89. The van der Waals surface area contributed by atoms with Crippen molar-refractivity contribution >= 4 is 5.97 Å². The van der Waals surface area contributed by atoms with Gasteiger partial charge in [0.1, 0.15) is 6.10 Å². The Morgan fingerprint density at radius 2 is 2.11 bits per heavy atom. The Morgan fingerprint density at radius 1 is 1.47 bits per heavy atom. The number of rotatable bonds is 6. The molecule has 3 unspecified atom stereocenters. The van der Waals surface area contributed by atoms with E-state index in [4.69, 9.17) is 15.2 Å². The smallest absolute Gasteiger partial charge is 0.333 e. The fraction of sp³-hybridized carbons (Fsp3) is 0.786. The van der Waals surface area contributed by atoms with E-state index in [0.717, 1.165) is 12.8 Å². The van der Waals surface area contributed by atoms with Gasteiger partial charge in [-0.3, -0.25) is 0 Å². The monoisotopic (exact) mass is 271 g/mol. The molecule has 0 radical (unpaired) electrons. The molecule has 0 amide bonds. The van der Waals surface area contributed by atoms with Gasteiger partial charge in [0.15, 0.2) is 0 Å². The Hall–Kier alpha value is -0.910. The summed E-state index contributed by atoms with van der Waals surface area (Å²) in [7, 11) is 0. The first-order valence-electron chi connectivity index (χ1n) is 7.00. The second-order valence-electron chi connectivity index (χ2n) is 4.81. The molecule has 110 valence electrons. The number of hydrogen-bond donors (Lipinski definition) is 2. The summed E-state index contributed by atoms with van der Waals surface area (Å²) in [6, 6.07) is -0.497. The molecule has 1 aliphatic carbocycles. The Labute approximate surface area is 114 Å². The van der Waals surface area contributed by atoms with Gasteiger partial charge in [0.25, 0.3) is 0 Å². The largest absolute Gasteiger partial charge is 0.463 e. The van der Waals surface area contributed by atoms with E-state index < -0.39 is 18.2 Å². The lowest BCUT2D eigenvalue weighted by Crippen LogP contribution is -2.48. The van der Waals surface area contributed by atoms with Gasteiger partial charge in [-0.05, 0) is 32.3 Å². The van der Waals surface area contributed by atoms with Crippen LogP contribution in [0.2, 0.25) is 0 Å². The topological polar surface area (TPSA) is 81.8 Å². The fourth-order valence-electron chi connectivity index (χ4n) is 2.18. The van der Waals surface area contributed by atoms with Gasteiger partial charge < -0.3 is 20.3 Å². The zero-order chi connectivity index (χ0) is 14.4. The zero-order valence-corrected chi connectivity index (χ0v) is 12.0. The highest BCUT2D eigenvalue weighted by Crippen LogP contribution is 2.23. The standard InChI is InChI=1S/C14H25NO4/c1-4-10(5-2)19-12-8-9(14(17)18-6-3)7-11(15)13(12)16/h8,10-13,16H,4-7,15H2,1-3H3. The summed E-state index contributed by atoms with van der Waals surface area (Å²) in [6.45, 7) is 6.14. The molecule has 19 heavy (non-hydrogen) atoms. The molecule has 1 rings (SSSR count). The van der Waals surface area contributed by atoms with Gasteiger partial charge in [-0.25, -0.2) is 4.79 Å². The van der Waals surface area contributed by atoms with E-state index in [1.165, 1.54) is 0 Å². The maximum Gasteiger partial charge on any atom is 0.333 e. The van der Waals surface area contributed by atoms with Crippen LogP contribution >= 0.6 is 0 Å². The van der Waals surface area contributed by atoms with Crippen molar-refractivity contribution in [1.82, 2.24) is 0 Å². The Morgan fingerprint density at radius 3 is 2.63 bits per heavy atom. The number of aliphatic hydroxyl groups is 1. The predicted molar refractivity (Wildman–Crippen MR) is 72.6 cm³/mol. The van der Waals surface area contributed by atoms with Crippen LogP contribution in [0.1, 0.15) is 40.0 Å². The van der Waals surface area contributed by atoms with Crippen molar-refractivity contribution in [3.8, 4) is 0 Å². The molecule has 3 N–H and O–H groups in total. The number of ether oxygens (including phenoxy) is 2. The van der Waals surface area contributed by atoms with Crippen molar-refractivity contribution in [2.24, 2.45) is 5.73 Å².